The van der Waals surface area contributed by atoms with E-state index in [-0.39, 0.29) is 5.91 Å². The monoisotopic (exact) mass is 324 g/mol. The second kappa shape index (κ2) is 6.70. The molecule has 0 radical (unpaired) electrons. The molecule has 1 amide bonds. The van der Waals surface area contributed by atoms with Gasteiger partial charge in [-0.05, 0) is 37.6 Å². The zero-order valence-corrected chi connectivity index (χ0v) is 14.0. The molecule has 3 aromatic rings. The molecule has 0 atom stereocenters. The lowest BCUT2D eigenvalue weighted by atomic mass is 10.1. The van der Waals surface area contributed by atoms with E-state index in [2.05, 4.69) is 27.3 Å². The maximum Gasteiger partial charge on any atom is 0.257 e. The number of hydrogen-bond acceptors (Lipinski definition) is 5. The van der Waals surface area contributed by atoms with Gasteiger partial charge in [-0.2, -0.15) is 0 Å². The topological polar surface area (TPSA) is 71.3 Å². The number of pyridine rings is 1. The van der Waals surface area contributed by atoms with Gasteiger partial charge in [0, 0.05) is 31.2 Å². The van der Waals surface area contributed by atoms with Crippen LogP contribution >= 0.6 is 0 Å². The van der Waals surface area contributed by atoms with Crippen molar-refractivity contribution in [3.05, 3.63) is 47.8 Å². The van der Waals surface area contributed by atoms with E-state index in [1.165, 1.54) is 6.20 Å². The van der Waals surface area contributed by atoms with E-state index < -0.39 is 0 Å². The van der Waals surface area contributed by atoms with Crippen LogP contribution in [0.15, 0.2) is 41.1 Å². The van der Waals surface area contributed by atoms with Crippen LogP contribution in [0.5, 0.6) is 0 Å². The Morgan fingerprint density at radius 3 is 2.88 bits per heavy atom. The molecule has 6 nitrogen and oxygen atoms in total. The Hall–Kier alpha value is -2.89. The highest BCUT2D eigenvalue weighted by Crippen LogP contribution is 2.21. The number of hydrogen-bond donors (Lipinski definition) is 1. The lowest BCUT2D eigenvalue weighted by Crippen LogP contribution is -2.16. The molecule has 0 aliphatic heterocycles. The Kier molecular flexibility index (Phi) is 4.46. The molecule has 0 unspecified atom stereocenters. The zero-order chi connectivity index (χ0) is 17.1. The van der Waals surface area contributed by atoms with Gasteiger partial charge in [0.1, 0.15) is 0 Å². The molecule has 0 saturated carbocycles. The van der Waals surface area contributed by atoms with E-state index >= 15 is 0 Å². The van der Waals surface area contributed by atoms with E-state index in [1.54, 1.807) is 6.07 Å². The molecule has 0 spiro atoms. The quantitative estimate of drug-likeness (QED) is 0.778. The van der Waals surface area contributed by atoms with Crippen LogP contribution < -0.4 is 10.2 Å². The number of fused-ring (bicyclic) bond motifs is 1. The maximum atomic E-state index is 12.5. The van der Waals surface area contributed by atoms with Gasteiger partial charge in [0.25, 0.3) is 11.6 Å². The van der Waals surface area contributed by atoms with Gasteiger partial charge in [0.2, 0.25) is 0 Å². The van der Waals surface area contributed by atoms with Gasteiger partial charge in [0.15, 0.2) is 0 Å². The minimum atomic E-state index is -0.205. The molecule has 0 aliphatic rings. The van der Waals surface area contributed by atoms with Crippen LogP contribution in [-0.4, -0.2) is 29.6 Å². The summed E-state index contributed by atoms with van der Waals surface area (Å²) in [5, 5.41) is 7.66. The highest BCUT2D eigenvalue weighted by molar-refractivity contribution is 6.05. The van der Waals surface area contributed by atoms with Gasteiger partial charge in [-0.3, -0.25) is 4.79 Å². The first kappa shape index (κ1) is 16.0. The number of rotatable bonds is 5. The number of nitrogens with zero attached hydrogens (tertiary/aromatic N) is 3. The number of carbonyl (C=O) groups is 1. The molecular weight excluding hydrogens is 304 g/mol. The first-order valence-electron chi connectivity index (χ1n) is 7.99. The molecular formula is C18H20N4O2. The van der Waals surface area contributed by atoms with Crippen LogP contribution in [0.1, 0.15) is 29.9 Å². The molecule has 0 saturated heterocycles. The normalized spacial score (nSPS) is 10.8. The van der Waals surface area contributed by atoms with Crippen molar-refractivity contribution in [2.75, 3.05) is 23.8 Å². The second-order valence-corrected chi connectivity index (χ2v) is 5.58. The number of nitrogens with one attached hydrogen (secondary N) is 1. The summed E-state index contributed by atoms with van der Waals surface area (Å²) < 4.78 is 5.15. The Morgan fingerprint density at radius 1 is 1.29 bits per heavy atom. The molecule has 2 aromatic heterocycles. The van der Waals surface area contributed by atoms with Crippen LogP contribution in [0.2, 0.25) is 0 Å². The fraction of sp³-hybridized carbons (Fsp3) is 0.278. The zero-order valence-electron chi connectivity index (χ0n) is 14.0. The third-order valence-electron chi connectivity index (χ3n) is 4.02. The summed E-state index contributed by atoms with van der Waals surface area (Å²) in [5.41, 5.74) is 3.54. The Morgan fingerprint density at radius 2 is 2.12 bits per heavy atom. The summed E-state index contributed by atoms with van der Waals surface area (Å²) in [5.74, 6) is -0.205. The number of benzene rings is 1. The molecule has 1 N–H and O–H groups in total. The minimum absolute atomic E-state index is 0.205. The Bertz CT molecular complexity index is 872. The SMILES string of the molecule is CCc1noc2ncc(C(=O)Nc3cccc(N(C)CC)c3)cc12. The lowest BCUT2D eigenvalue weighted by molar-refractivity contribution is 0.102. The molecule has 0 bridgehead atoms. The first-order chi connectivity index (χ1) is 11.6. The van der Waals surface area contributed by atoms with Crippen molar-refractivity contribution < 1.29 is 9.32 Å². The number of aromatic nitrogens is 2. The van der Waals surface area contributed by atoms with Gasteiger partial charge >= 0.3 is 0 Å². The van der Waals surface area contributed by atoms with Crippen molar-refractivity contribution >= 4 is 28.4 Å². The van der Waals surface area contributed by atoms with Crippen molar-refractivity contribution in [2.24, 2.45) is 0 Å². The summed E-state index contributed by atoms with van der Waals surface area (Å²) in [6.45, 7) is 4.96. The molecule has 0 aliphatic carbocycles. The number of amides is 1. The average molecular weight is 324 g/mol. The fourth-order valence-corrected chi connectivity index (χ4v) is 2.47. The van der Waals surface area contributed by atoms with Crippen LogP contribution in [0, 0.1) is 0 Å². The Labute approximate surface area is 140 Å². The molecule has 1 aromatic carbocycles. The van der Waals surface area contributed by atoms with Gasteiger partial charge in [-0.25, -0.2) is 4.98 Å². The van der Waals surface area contributed by atoms with Gasteiger partial charge in [0.05, 0.1) is 16.6 Å². The highest BCUT2D eigenvalue weighted by atomic mass is 16.5. The molecule has 0 fully saturated rings. The molecule has 2 heterocycles. The molecule has 124 valence electrons. The average Bonchev–Trinajstić information content (AvgIpc) is 3.03. The fourth-order valence-electron chi connectivity index (χ4n) is 2.47. The van der Waals surface area contributed by atoms with E-state index in [0.29, 0.717) is 11.3 Å². The summed E-state index contributed by atoms with van der Waals surface area (Å²) >= 11 is 0. The lowest BCUT2D eigenvalue weighted by Gasteiger charge is -2.17. The molecule has 3 rings (SSSR count). The smallest absolute Gasteiger partial charge is 0.257 e. The van der Waals surface area contributed by atoms with E-state index in [0.717, 1.165) is 35.4 Å². The standard InChI is InChI=1S/C18H20N4O2/c1-4-16-15-9-12(11-19-18(15)24-21-16)17(23)20-13-7-6-8-14(10-13)22(3)5-2/h6-11H,4-5H2,1-3H3,(H,20,23). The van der Waals surface area contributed by atoms with E-state index in [9.17, 15) is 4.79 Å². The predicted molar refractivity (Wildman–Crippen MR) is 94.5 cm³/mol. The Balaban J connectivity index is 1.84. The van der Waals surface area contributed by atoms with E-state index in [1.807, 2.05) is 38.2 Å². The predicted octanol–water partition coefficient (Wildman–Crippen LogP) is 3.49. The van der Waals surface area contributed by atoms with Crippen LogP contribution in [0.25, 0.3) is 11.1 Å². The summed E-state index contributed by atoms with van der Waals surface area (Å²) in [7, 11) is 2.01. The van der Waals surface area contributed by atoms with Crippen molar-refractivity contribution in [3.63, 3.8) is 0 Å². The van der Waals surface area contributed by atoms with Crippen molar-refractivity contribution in [1.29, 1.82) is 0 Å². The van der Waals surface area contributed by atoms with Crippen molar-refractivity contribution in [3.8, 4) is 0 Å². The first-order valence-corrected chi connectivity index (χ1v) is 7.99. The van der Waals surface area contributed by atoms with Crippen molar-refractivity contribution in [1.82, 2.24) is 10.1 Å². The van der Waals surface area contributed by atoms with Crippen LogP contribution in [0.4, 0.5) is 11.4 Å². The van der Waals surface area contributed by atoms with Gasteiger partial charge in [-0.1, -0.05) is 18.1 Å². The third-order valence-corrected chi connectivity index (χ3v) is 4.02. The second-order valence-electron chi connectivity index (χ2n) is 5.58. The number of anilines is 2. The summed E-state index contributed by atoms with van der Waals surface area (Å²) in [6.07, 6.45) is 2.23. The molecule has 6 heteroatoms. The molecule has 24 heavy (non-hydrogen) atoms. The largest absolute Gasteiger partial charge is 0.375 e. The van der Waals surface area contributed by atoms with Crippen LogP contribution in [0.3, 0.4) is 0 Å². The minimum Gasteiger partial charge on any atom is -0.375 e. The van der Waals surface area contributed by atoms with E-state index in [4.69, 9.17) is 4.52 Å². The summed E-state index contributed by atoms with van der Waals surface area (Å²) in [4.78, 5) is 18.8. The van der Waals surface area contributed by atoms with Crippen molar-refractivity contribution in [2.45, 2.75) is 20.3 Å². The highest BCUT2D eigenvalue weighted by Gasteiger charge is 2.13. The van der Waals surface area contributed by atoms with Gasteiger partial charge < -0.3 is 14.7 Å². The summed E-state index contributed by atoms with van der Waals surface area (Å²) in [6, 6.07) is 9.53. The number of aryl methyl sites for hydroxylation is 1. The number of carbonyl (C=O) groups excluding carboxylic acids is 1. The van der Waals surface area contributed by atoms with Gasteiger partial charge in [-0.15, -0.1) is 0 Å². The maximum absolute atomic E-state index is 12.5. The van der Waals surface area contributed by atoms with Crippen LogP contribution in [-0.2, 0) is 6.42 Å². The third kappa shape index (κ3) is 3.08.